The number of benzene rings is 3. The first-order valence-corrected chi connectivity index (χ1v) is 11.4. The molecule has 178 valence electrons. The molecule has 0 unspecified atom stereocenters. The van der Waals surface area contributed by atoms with Gasteiger partial charge in [0.15, 0.2) is 0 Å². The number of primary amides is 1. The number of ether oxygens (including phenoxy) is 1. The first-order chi connectivity index (χ1) is 17.0. The summed E-state index contributed by atoms with van der Waals surface area (Å²) in [5, 5.41) is 4.14. The van der Waals surface area contributed by atoms with Crippen LogP contribution in [-0.4, -0.2) is 35.5 Å². The fraction of sp³-hybridized carbons (Fsp3) is 0.179. The summed E-state index contributed by atoms with van der Waals surface area (Å²) in [6.45, 7) is 0.789. The molecule has 4 aromatic rings. The van der Waals surface area contributed by atoms with Crippen molar-refractivity contribution in [2.24, 2.45) is 5.73 Å². The highest BCUT2D eigenvalue weighted by molar-refractivity contribution is 5.95. The van der Waals surface area contributed by atoms with Crippen LogP contribution in [0.15, 0.2) is 89.5 Å². The zero-order valence-corrected chi connectivity index (χ0v) is 19.5. The van der Waals surface area contributed by atoms with Crippen LogP contribution in [0.5, 0.6) is 5.75 Å². The van der Waals surface area contributed by atoms with E-state index in [1.54, 1.807) is 48.3 Å². The van der Waals surface area contributed by atoms with Gasteiger partial charge in [-0.15, -0.1) is 0 Å². The highest BCUT2D eigenvalue weighted by Crippen LogP contribution is 2.21. The molecule has 2 N–H and O–H groups in total. The van der Waals surface area contributed by atoms with E-state index >= 15 is 0 Å². The van der Waals surface area contributed by atoms with Gasteiger partial charge in [-0.25, -0.2) is 0 Å². The number of rotatable bonds is 10. The molecule has 35 heavy (non-hydrogen) atoms. The second kappa shape index (κ2) is 11.2. The predicted octanol–water partition coefficient (Wildman–Crippen LogP) is 4.72. The summed E-state index contributed by atoms with van der Waals surface area (Å²) in [6.07, 6.45) is 1.43. The van der Waals surface area contributed by atoms with Crippen LogP contribution < -0.4 is 10.5 Å². The third-order valence-electron chi connectivity index (χ3n) is 5.61. The molecule has 4 rings (SSSR count). The molecule has 3 aromatic carbocycles. The SMILES string of the molecule is CN(CCCc1cc(-c2ccccc2)no1)C(=O)c1cccc(COc2ccccc2C(N)=O)c1. The Kier molecular flexibility index (Phi) is 7.57. The number of para-hydroxylation sites is 1. The second-order valence-electron chi connectivity index (χ2n) is 8.22. The van der Waals surface area contributed by atoms with Crippen LogP contribution in [0.1, 0.15) is 38.5 Å². The minimum atomic E-state index is -0.548. The van der Waals surface area contributed by atoms with Crippen molar-refractivity contribution in [2.75, 3.05) is 13.6 Å². The number of aromatic nitrogens is 1. The van der Waals surface area contributed by atoms with Crippen LogP contribution >= 0.6 is 0 Å². The lowest BCUT2D eigenvalue weighted by Gasteiger charge is -2.17. The Labute approximate surface area is 204 Å². The Bertz CT molecular complexity index is 1300. The lowest BCUT2D eigenvalue weighted by molar-refractivity contribution is 0.0792. The van der Waals surface area contributed by atoms with Crippen molar-refractivity contribution in [1.82, 2.24) is 10.1 Å². The van der Waals surface area contributed by atoms with Crippen molar-refractivity contribution in [3.8, 4) is 17.0 Å². The average Bonchev–Trinajstić information content (AvgIpc) is 3.36. The largest absolute Gasteiger partial charge is 0.488 e. The number of carbonyl (C=O) groups excluding carboxylic acids is 2. The van der Waals surface area contributed by atoms with Gasteiger partial charge >= 0.3 is 0 Å². The molecule has 0 saturated carbocycles. The van der Waals surface area contributed by atoms with Crippen molar-refractivity contribution < 1.29 is 18.8 Å². The van der Waals surface area contributed by atoms with E-state index in [1.165, 1.54) is 0 Å². The number of carbonyl (C=O) groups is 2. The highest BCUT2D eigenvalue weighted by Gasteiger charge is 2.14. The quantitative estimate of drug-likeness (QED) is 0.362. The van der Waals surface area contributed by atoms with Crippen LogP contribution in [0.4, 0.5) is 0 Å². The molecule has 0 aliphatic carbocycles. The fourth-order valence-electron chi connectivity index (χ4n) is 3.74. The molecule has 2 amide bonds. The molecule has 0 aliphatic heterocycles. The van der Waals surface area contributed by atoms with E-state index in [4.69, 9.17) is 15.0 Å². The molecule has 0 spiro atoms. The number of nitrogens with two attached hydrogens (primary N) is 1. The summed E-state index contributed by atoms with van der Waals surface area (Å²) in [5.41, 5.74) is 8.94. The molecule has 0 bridgehead atoms. The minimum Gasteiger partial charge on any atom is -0.488 e. The number of hydrogen-bond donors (Lipinski definition) is 1. The molecular weight excluding hydrogens is 442 g/mol. The van der Waals surface area contributed by atoms with E-state index in [-0.39, 0.29) is 12.5 Å². The monoisotopic (exact) mass is 469 g/mol. The fourth-order valence-corrected chi connectivity index (χ4v) is 3.74. The first-order valence-electron chi connectivity index (χ1n) is 11.4. The van der Waals surface area contributed by atoms with Gasteiger partial charge in [0.05, 0.1) is 5.56 Å². The molecule has 7 nitrogen and oxygen atoms in total. The van der Waals surface area contributed by atoms with Crippen molar-refractivity contribution in [2.45, 2.75) is 19.4 Å². The van der Waals surface area contributed by atoms with Crippen LogP contribution in [0.3, 0.4) is 0 Å². The molecule has 0 fully saturated rings. The number of amides is 2. The molecule has 1 aromatic heterocycles. The molecule has 7 heteroatoms. The Balaban J connectivity index is 1.30. The Morgan fingerprint density at radius 1 is 0.971 bits per heavy atom. The number of nitrogens with zero attached hydrogens (tertiary/aromatic N) is 2. The molecule has 0 atom stereocenters. The van der Waals surface area contributed by atoms with Gasteiger partial charge < -0.3 is 19.9 Å². The summed E-state index contributed by atoms with van der Waals surface area (Å²) in [4.78, 5) is 26.2. The third-order valence-corrected chi connectivity index (χ3v) is 5.61. The second-order valence-corrected chi connectivity index (χ2v) is 8.22. The maximum atomic E-state index is 12.9. The van der Waals surface area contributed by atoms with Crippen LogP contribution in [-0.2, 0) is 13.0 Å². The highest BCUT2D eigenvalue weighted by atomic mass is 16.5. The van der Waals surface area contributed by atoms with Gasteiger partial charge in [-0.3, -0.25) is 9.59 Å². The van der Waals surface area contributed by atoms with Gasteiger partial charge in [-0.05, 0) is 36.2 Å². The topological polar surface area (TPSA) is 98.7 Å². The van der Waals surface area contributed by atoms with Crippen molar-refractivity contribution >= 4 is 11.8 Å². The van der Waals surface area contributed by atoms with Crippen molar-refractivity contribution in [3.63, 3.8) is 0 Å². The minimum absolute atomic E-state index is 0.0769. The first kappa shape index (κ1) is 23.8. The van der Waals surface area contributed by atoms with Gasteiger partial charge in [0, 0.05) is 37.2 Å². The van der Waals surface area contributed by atoms with Gasteiger partial charge in [-0.1, -0.05) is 59.8 Å². The predicted molar refractivity (Wildman–Crippen MR) is 133 cm³/mol. The standard InChI is InChI=1S/C28H27N3O4/c1-31(16-8-13-23-18-25(30-35-23)21-10-3-2-4-11-21)28(33)22-12-7-9-20(17-22)19-34-26-15-6-5-14-24(26)27(29)32/h2-7,9-12,14-15,17-18H,8,13,16,19H2,1H3,(H2,29,32). The van der Waals surface area contributed by atoms with E-state index in [2.05, 4.69) is 5.16 Å². The van der Waals surface area contributed by atoms with Gasteiger partial charge in [-0.2, -0.15) is 0 Å². The smallest absolute Gasteiger partial charge is 0.253 e. The third kappa shape index (κ3) is 6.14. The lowest BCUT2D eigenvalue weighted by Crippen LogP contribution is -2.28. The normalized spacial score (nSPS) is 10.7. The maximum Gasteiger partial charge on any atom is 0.253 e. The average molecular weight is 470 g/mol. The lowest BCUT2D eigenvalue weighted by atomic mass is 10.1. The zero-order valence-electron chi connectivity index (χ0n) is 19.5. The molecule has 0 saturated heterocycles. The van der Waals surface area contributed by atoms with Crippen LogP contribution in [0.25, 0.3) is 11.3 Å². The Morgan fingerprint density at radius 2 is 1.74 bits per heavy atom. The Hall–Kier alpha value is -4.39. The van der Waals surface area contributed by atoms with Crippen molar-refractivity contribution in [3.05, 3.63) is 107 Å². The van der Waals surface area contributed by atoms with Crippen LogP contribution in [0.2, 0.25) is 0 Å². The molecule has 0 radical (unpaired) electrons. The van der Waals surface area contributed by atoms with Crippen LogP contribution in [0, 0.1) is 0 Å². The van der Waals surface area contributed by atoms with E-state index in [0.29, 0.717) is 29.8 Å². The molecular formula is C28H27N3O4. The zero-order chi connectivity index (χ0) is 24.6. The van der Waals surface area contributed by atoms with E-state index < -0.39 is 5.91 Å². The molecule has 1 heterocycles. The Morgan fingerprint density at radius 3 is 2.54 bits per heavy atom. The number of hydrogen-bond acceptors (Lipinski definition) is 5. The summed E-state index contributed by atoms with van der Waals surface area (Å²) in [6, 6.07) is 25.9. The van der Waals surface area contributed by atoms with Gasteiger partial charge in [0.25, 0.3) is 11.8 Å². The summed E-state index contributed by atoms with van der Waals surface area (Å²) in [7, 11) is 1.78. The number of aryl methyl sites for hydroxylation is 1. The van der Waals surface area contributed by atoms with Gasteiger partial charge in [0.1, 0.15) is 23.8 Å². The summed E-state index contributed by atoms with van der Waals surface area (Å²) < 4.78 is 11.2. The van der Waals surface area contributed by atoms with E-state index in [1.807, 2.05) is 48.5 Å². The van der Waals surface area contributed by atoms with E-state index in [9.17, 15) is 9.59 Å². The molecule has 0 aliphatic rings. The van der Waals surface area contributed by atoms with Gasteiger partial charge in [0.2, 0.25) is 0 Å². The summed E-state index contributed by atoms with van der Waals surface area (Å²) >= 11 is 0. The summed E-state index contributed by atoms with van der Waals surface area (Å²) in [5.74, 6) is 0.580. The van der Waals surface area contributed by atoms with E-state index in [0.717, 1.165) is 29.0 Å². The van der Waals surface area contributed by atoms with Crippen molar-refractivity contribution in [1.29, 1.82) is 0 Å². The maximum absolute atomic E-state index is 12.9.